The van der Waals surface area contributed by atoms with Crippen LogP contribution in [0.2, 0.25) is 0 Å². The number of halogens is 1. The van der Waals surface area contributed by atoms with Gasteiger partial charge in [0.05, 0.1) is 5.92 Å². The molecule has 0 aliphatic carbocycles. The third-order valence-corrected chi connectivity index (χ3v) is 3.67. The number of carbonyl (C=O) groups is 1. The fraction of sp³-hybridized carbons (Fsp3) is 0.500. The number of hydrogen-bond acceptors (Lipinski definition) is 3. The highest BCUT2D eigenvalue weighted by Crippen LogP contribution is 2.26. The van der Waals surface area contributed by atoms with Gasteiger partial charge in [-0.05, 0) is 47.5 Å². The van der Waals surface area contributed by atoms with E-state index in [1.54, 1.807) is 0 Å². The van der Waals surface area contributed by atoms with Crippen molar-refractivity contribution in [3.8, 4) is 0 Å². The van der Waals surface area contributed by atoms with Crippen LogP contribution in [0.25, 0.3) is 0 Å². The van der Waals surface area contributed by atoms with E-state index < -0.39 is 0 Å². The minimum atomic E-state index is -0.179. The molecule has 1 fully saturated rings. The third-order valence-electron chi connectivity index (χ3n) is 3.36. The van der Waals surface area contributed by atoms with Crippen molar-refractivity contribution in [1.29, 1.82) is 0 Å². The zero-order chi connectivity index (χ0) is 12.8. The quantitative estimate of drug-likeness (QED) is 0.511. The van der Waals surface area contributed by atoms with E-state index >= 15 is 0 Å². The van der Waals surface area contributed by atoms with Gasteiger partial charge in [-0.25, -0.2) is 0 Å². The highest BCUT2D eigenvalue weighted by Gasteiger charge is 2.31. The van der Waals surface area contributed by atoms with Crippen LogP contribution in [0.1, 0.15) is 30.7 Å². The first kappa shape index (κ1) is 13.8. The second-order valence-electron chi connectivity index (χ2n) is 4.52. The van der Waals surface area contributed by atoms with Crippen LogP contribution in [-0.2, 0) is 9.53 Å². The second kappa shape index (κ2) is 7.09. The molecule has 1 aromatic rings. The highest BCUT2D eigenvalue weighted by atomic mass is 127. The van der Waals surface area contributed by atoms with Crippen molar-refractivity contribution in [2.45, 2.75) is 31.2 Å². The molecule has 2 rings (SSSR count). The smallest absolute Gasteiger partial charge is 0.315 e. The number of rotatable bonds is 4. The van der Waals surface area contributed by atoms with E-state index in [2.05, 4.69) is 27.9 Å². The highest BCUT2D eigenvalue weighted by molar-refractivity contribution is 14.1. The molecule has 1 N–H and O–H groups in total. The van der Waals surface area contributed by atoms with Crippen molar-refractivity contribution in [2.75, 3.05) is 11.2 Å². The first-order valence-electron chi connectivity index (χ1n) is 6.34. The molecule has 0 bridgehead atoms. The van der Waals surface area contributed by atoms with Crippen LogP contribution in [0, 0.1) is 0 Å². The van der Waals surface area contributed by atoms with E-state index in [4.69, 9.17) is 4.74 Å². The van der Waals surface area contributed by atoms with Crippen LogP contribution >= 0.6 is 22.6 Å². The van der Waals surface area contributed by atoms with E-state index in [1.807, 2.05) is 30.3 Å². The van der Waals surface area contributed by atoms with E-state index in [0.717, 1.165) is 18.5 Å². The molecule has 18 heavy (non-hydrogen) atoms. The van der Waals surface area contributed by atoms with Crippen molar-refractivity contribution >= 4 is 28.6 Å². The lowest BCUT2D eigenvalue weighted by Crippen LogP contribution is -2.42. The van der Waals surface area contributed by atoms with Crippen LogP contribution in [0.4, 0.5) is 0 Å². The minimum Gasteiger partial charge on any atom is -0.454 e. The maximum absolute atomic E-state index is 12.2. The Hall–Kier alpha value is -0.620. The first-order valence-corrected chi connectivity index (χ1v) is 7.86. The molecule has 0 saturated carbocycles. The molecule has 98 valence electrons. The molecule has 4 heteroatoms. The number of piperidine rings is 1. The number of benzene rings is 1. The van der Waals surface area contributed by atoms with Crippen LogP contribution in [-0.4, -0.2) is 23.2 Å². The van der Waals surface area contributed by atoms with E-state index in [9.17, 15) is 4.79 Å². The van der Waals surface area contributed by atoms with Crippen molar-refractivity contribution in [2.24, 2.45) is 0 Å². The fourth-order valence-electron chi connectivity index (χ4n) is 2.50. The summed E-state index contributed by atoms with van der Waals surface area (Å²) >= 11 is 2.06. The molecule has 1 aliphatic heterocycles. The number of carbonyl (C=O) groups excluding carboxylic acids is 1. The van der Waals surface area contributed by atoms with Gasteiger partial charge in [0.2, 0.25) is 0 Å². The van der Waals surface area contributed by atoms with Crippen LogP contribution in [0.15, 0.2) is 30.3 Å². The summed E-state index contributed by atoms with van der Waals surface area (Å²) in [6.45, 7) is 0.992. The Morgan fingerprint density at radius 1 is 1.39 bits per heavy atom. The van der Waals surface area contributed by atoms with Gasteiger partial charge in [0.1, 0.15) is 4.61 Å². The lowest BCUT2D eigenvalue weighted by Gasteiger charge is -2.30. The molecule has 2 unspecified atom stereocenters. The molecule has 0 amide bonds. The Bertz CT molecular complexity index is 377. The molecule has 0 radical (unpaired) electrons. The molecule has 1 aliphatic rings. The van der Waals surface area contributed by atoms with Crippen LogP contribution in [0.5, 0.6) is 0 Å². The average molecular weight is 359 g/mol. The van der Waals surface area contributed by atoms with Gasteiger partial charge in [0.25, 0.3) is 0 Å². The van der Waals surface area contributed by atoms with Gasteiger partial charge in [-0.3, -0.25) is 4.79 Å². The summed E-state index contributed by atoms with van der Waals surface area (Å²) in [7, 11) is 0. The standard InChI is InChI=1S/C14H18INO2/c15-10-18-14(17)13(11-6-2-1-3-7-11)12-8-4-5-9-16-12/h1-3,6-7,12-13,16H,4-5,8-10H2. The number of esters is 1. The number of ether oxygens (including phenoxy) is 1. The lowest BCUT2D eigenvalue weighted by molar-refractivity contribution is -0.143. The van der Waals surface area contributed by atoms with Gasteiger partial charge < -0.3 is 10.1 Å². The van der Waals surface area contributed by atoms with Crippen LogP contribution in [0.3, 0.4) is 0 Å². The molecular formula is C14H18INO2. The summed E-state index contributed by atoms with van der Waals surface area (Å²) in [5.74, 6) is -0.295. The Kier molecular flexibility index (Phi) is 5.44. The molecule has 3 nitrogen and oxygen atoms in total. The first-order chi connectivity index (χ1) is 8.83. The molecule has 0 spiro atoms. The average Bonchev–Trinajstić information content (AvgIpc) is 2.42. The summed E-state index contributed by atoms with van der Waals surface area (Å²) in [4.78, 5) is 12.2. The Balaban J connectivity index is 2.19. The summed E-state index contributed by atoms with van der Waals surface area (Å²) in [5.41, 5.74) is 1.05. The van der Waals surface area contributed by atoms with Gasteiger partial charge >= 0.3 is 5.97 Å². The molecule has 1 heterocycles. The normalized spacial score (nSPS) is 21.3. The predicted molar refractivity (Wildman–Crippen MR) is 79.8 cm³/mol. The van der Waals surface area contributed by atoms with Crippen molar-refractivity contribution < 1.29 is 9.53 Å². The second-order valence-corrected chi connectivity index (χ2v) is 5.14. The van der Waals surface area contributed by atoms with Crippen molar-refractivity contribution in [3.63, 3.8) is 0 Å². The Labute approximate surface area is 121 Å². The maximum Gasteiger partial charge on any atom is 0.315 e. The summed E-state index contributed by atoms with van der Waals surface area (Å²) < 4.78 is 5.63. The number of hydrogen-bond donors (Lipinski definition) is 1. The predicted octanol–water partition coefficient (Wildman–Crippen LogP) is 2.85. The molecule has 2 atom stereocenters. The van der Waals surface area contributed by atoms with Gasteiger partial charge in [-0.15, -0.1) is 0 Å². The zero-order valence-electron chi connectivity index (χ0n) is 10.3. The Morgan fingerprint density at radius 2 is 2.17 bits per heavy atom. The van der Waals surface area contributed by atoms with E-state index in [1.165, 1.54) is 12.8 Å². The summed E-state index contributed by atoms with van der Waals surface area (Å²) in [5, 5.41) is 3.45. The Morgan fingerprint density at radius 3 is 2.78 bits per heavy atom. The van der Waals surface area contributed by atoms with Crippen molar-refractivity contribution in [3.05, 3.63) is 35.9 Å². The van der Waals surface area contributed by atoms with E-state index in [0.29, 0.717) is 4.61 Å². The lowest BCUT2D eigenvalue weighted by atomic mass is 9.86. The number of nitrogens with one attached hydrogen (secondary N) is 1. The third kappa shape index (κ3) is 3.45. The topological polar surface area (TPSA) is 38.3 Å². The molecule has 0 aromatic heterocycles. The SMILES string of the molecule is O=C(OCI)C(c1ccccc1)C1CCCCN1. The van der Waals surface area contributed by atoms with Gasteiger partial charge in [0.15, 0.2) is 0 Å². The molecule has 1 saturated heterocycles. The fourth-order valence-corrected chi connectivity index (χ4v) is 2.81. The summed E-state index contributed by atoms with van der Waals surface area (Å²) in [6.07, 6.45) is 3.41. The van der Waals surface area contributed by atoms with E-state index in [-0.39, 0.29) is 17.9 Å². The largest absolute Gasteiger partial charge is 0.454 e. The molecular weight excluding hydrogens is 341 g/mol. The van der Waals surface area contributed by atoms with Crippen molar-refractivity contribution in [1.82, 2.24) is 5.32 Å². The minimum absolute atomic E-state index is 0.116. The van der Waals surface area contributed by atoms with Gasteiger partial charge in [-0.1, -0.05) is 36.8 Å². The van der Waals surface area contributed by atoms with Crippen LogP contribution < -0.4 is 5.32 Å². The number of alkyl halides is 1. The zero-order valence-corrected chi connectivity index (χ0v) is 12.4. The monoisotopic (exact) mass is 359 g/mol. The summed E-state index contributed by atoms with van der Waals surface area (Å²) in [6, 6.07) is 10.1. The van der Waals surface area contributed by atoms with Gasteiger partial charge in [-0.2, -0.15) is 0 Å². The maximum atomic E-state index is 12.2. The molecule has 1 aromatic carbocycles. The van der Waals surface area contributed by atoms with Gasteiger partial charge in [0, 0.05) is 6.04 Å².